The van der Waals surface area contributed by atoms with Crippen LogP contribution in [0.25, 0.3) is 0 Å². The molecule has 7 nitrogen and oxygen atoms in total. The molecular formula is C17H14ClF4N5O2. The van der Waals surface area contributed by atoms with E-state index in [9.17, 15) is 27.2 Å². The van der Waals surface area contributed by atoms with Gasteiger partial charge < -0.3 is 5.32 Å². The third kappa shape index (κ3) is 4.56. The molecule has 0 saturated heterocycles. The van der Waals surface area contributed by atoms with E-state index in [0.717, 1.165) is 18.8 Å². The topological polar surface area (TPSA) is 96.0 Å². The Morgan fingerprint density at radius 3 is 2.28 bits per heavy atom. The van der Waals surface area contributed by atoms with E-state index in [0.29, 0.717) is 18.4 Å². The van der Waals surface area contributed by atoms with Crippen LogP contribution in [0.2, 0.25) is 5.02 Å². The van der Waals surface area contributed by atoms with Crippen LogP contribution in [0.4, 0.5) is 23.5 Å². The van der Waals surface area contributed by atoms with Crippen molar-refractivity contribution in [1.29, 1.82) is 0 Å². The Morgan fingerprint density at radius 2 is 1.76 bits per heavy atom. The van der Waals surface area contributed by atoms with E-state index in [2.05, 4.69) is 15.3 Å². The number of rotatable bonds is 4. The SMILES string of the molecule is O=C(NNC(=O)C(F)(F)F)c1cnc(NC2(c3ccc(F)cc3Cl)CCC2)nc1. The number of halogens is 5. The van der Waals surface area contributed by atoms with Crippen molar-refractivity contribution in [1.82, 2.24) is 20.8 Å². The van der Waals surface area contributed by atoms with Crippen molar-refractivity contribution in [2.45, 2.75) is 31.0 Å². The van der Waals surface area contributed by atoms with Gasteiger partial charge in [0, 0.05) is 17.4 Å². The van der Waals surface area contributed by atoms with E-state index >= 15 is 0 Å². The number of nitrogens with zero attached hydrogens (tertiary/aromatic N) is 2. The number of amides is 2. The van der Waals surface area contributed by atoms with E-state index in [1.54, 1.807) is 11.5 Å². The van der Waals surface area contributed by atoms with Crippen LogP contribution in [0.3, 0.4) is 0 Å². The van der Waals surface area contributed by atoms with Crippen molar-refractivity contribution in [2.24, 2.45) is 0 Å². The minimum atomic E-state index is -5.13. The maximum Gasteiger partial charge on any atom is 0.472 e. The zero-order valence-corrected chi connectivity index (χ0v) is 15.4. The predicted octanol–water partition coefficient (Wildman–Crippen LogP) is 3.08. The summed E-state index contributed by atoms with van der Waals surface area (Å²) >= 11 is 6.16. The molecule has 1 aromatic heterocycles. The van der Waals surface area contributed by atoms with Crippen LogP contribution < -0.4 is 16.2 Å². The normalized spacial score (nSPS) is 15.2. The number of hydrogen-bond acceptors (Lipinski definition) is 5. The smallest absolute Gasteiger partial charge is 0.345 e. The Hall–Kier alpha value is -2.95. The first-order valence-corrected chi connectivity index (χ1v) is 8.72. The highest BCUT2D eigenvalue weighted by Gasteiger charge is 2.41. The van der Waals surface area contributed by atoms with Crippen molar-refractivity contribution in [3.63, 3.8) is 0 Å². The van der Waals surface area contributed by atoms with Crippen LogP contribution in [0.1, 0.15) is 35.2 Å². The fourth-order valence-corrected chi connectivity index (χ4v) is 3.20. The molecule has 1 fully saturated rings. The van der Waals surface area contributed by atoms with Gasteiger partial charge in [-0.15, -0.1) is 0 Å². The van der Waals surface area contributed by atoms with Gasteiger partial charge in [0.05, 0.1) is 11.1 Å². The second-order valence-electron chi connectivity index (χ2n) is 6.39. The highest BCUT2D eigenvalue weighted by molar-refractivity contribution is 6.31. The van der Waals surface area contributed by atoms with Gasteiger partial charge >= 0.3 is 12.1 Å². The second-order valence-corrected chi connectivity index (χ2v) is 6.79. The van der Waals surface area contributed by atoms with Crippen molar-refractivity contribution in [3.05, 3.63) is 52.6 Å². The van der Waals surface area contributed by atoms with Gasteiger partial charge in [-0.25, -0.2) is 14.4 Å². The molecule has 1 heterocycles. The summed E-state index contributed by atoms with van der Waals surface area (Å²) < 4.78 is 49.7. The van der Waals surface area contributed by atoms with Gasteiger partial charge in [0.2, 0.25) is 5.95 Å². The number of anilines is 1. The Kier molecular flexibility index (Phi) is 5.60. The molecule has 29 heavy (non-hydrogen) atoms. The average Bonchev–Trinajstić information content (AvgIpc) is 2.62. The highest BCUT2D eigenvalue weighted by Crippen LogP contribution is 2.46. The number of aromatic nitrogens is 2. The summed E-state index contributed by atoms with van der Waals surface area (Å²) in [7, 11) is 0. The van der Waals surface area contributed by atoms with E-state index in [-0.39, 0.29) is 16.5 Å². The van der Waals surface area contributed by atoms with Gasteiger partial charge in [0.1, 0.15) is 5.82 Å². The Balaban J connectivity index is 1.68. The molecule has 12 heteroatoms. The second kappa shape index (κ2) is 7.82. The van der Waals surface area contributed by atoms with Crippen molar-refractivity contribution >= 4 is 29.4 Å². The summed E-state index contributed by atoms with van der Waals surface area (Å²) in [6.45, 7) is 0. The molecule has 1 aromatic carbocycles. The van der Waals surface area contributed by atoms with Crippen LogP contribution in [0.5, 0.6) is 0 Å². The molecule has 1 saturated carbocycles. The van der Waals surface area contributed by atoms with E-state index in [1.807, 2.05) is 0 Å². The summed E-state index contributed by atoms with van der Waals surface area (Å²) in [6, 6.07) is 4.09. The molecular weight excluding hydrogens is 418 g/mol. The molecule has 3 rings (SSSR count). The van der Waals surface area contributed by atoms with Crippen LogP contribution in [-0.2, 0) is 10.3 Å². The minimum Gasteiger partial charge on any atom is -0.345 e. The minimum absolute atomic E-state index is 0.154. The largest absolute Gasteiger partial charge is 0.472 e. The third-order valence-electron chi connectivity index (χ3n) is 4.47. The quantitative estimate of drug-likeness (QED) is 0.511. The van der Waals surface area contributed by atoms with Gasteiger partial charge in [-0.1, -0.05) is 17.7 Å². The molecule has 1 aliphatic rings. The molecule has 3 N–H and O–H groups in total. The number of carbonyl (C=O) groups excluding carboxylic acids is 2. The van der Waals surface area contributed by atoms with Crippen LogP contribution in [0.15, 0.2) is 30.6 Å². The van der Waals surface area contributed by atoms with Crippen molar-refractivity contribution < 1.29 is 27.2 Å². The predicted molar refractivity (Wildman–Crippen MR) is 94.3 cm³/mol. The number of nitrogens with one attached hydrogen (secondary N) is 3. The third-order valence-corrected chi connectivity index (χ3v) is 4.78. The van der Waals surface area contributed by atoms with Crippen LogP contribution >= 0.6 is 11.6 Å². The number of alkyl halides is 3. The monoisotopic (exact) mass is 431 g/mol. The van der Waals surface area contributed by atoms with Gasteiger partial charge in [-0.3, -0.25) is 20.4 Å². The Morgan fingerprint density at radius 1 is 1.10 bits per heavy atom. The first kappa shape index (κ1) is 20.8. The lowest BCUT2D eigenvalue weighted by molar-refractivity contribution is -0.174. The summed E-state index contributed by atoms with van der Waals surface area (Å²) in [5, 5.41) is 3.38. The zero-order chi connectivity index (χ0) is 21.2. The average molecular weight is 432 g/mol. The standard InChI is InChI=1S/C17H14ClF4N5O2/c18-12-6-10(19)2-3-11(12)16(4-1-5-16)25-15-23-7-9(8-24-15)13(28)26-27-14(29)17(20,21)22/h2-3,6-8H,1,4-5H2,(H,26,28)(H,27,29)(H,23,24,25). The number of hydrogen-bond donors (Lipinski definition) is 3. The molecule has 0 radical (unpaired) electrons. The van der Waals surface area contributed by atoms with Crippen molar-refractivity contribution in [3.8, 4) is 0 Å². The molecule has 0 bridgehead atoms. The highest BCUT2D eigenvalue weighted by atomic mass is 35.5. The van der Waals surface area contributed by atoms with Crippen LogP contribution in [-0.4, -0.2) is 28.0 Å². The summed E-state index contributed by atoms with van der Waals surface area (Å²) in [5.74, 6) is -3.64. The molecule has 2 aromatic rings. The summed E-state index contributed by atoms with van der Waals surface area (Å²) in [6.07, 6.45) is -0.649. The summed E-state index contributed by atoms with van der Waals surface area (Å²) in [5.41, 5.74) is 2.80. The van der Waals surface area contributed by atoms with E-state index in [1.165, 1.54) is 17.6 Å². The Labute approximate surface area is 166 Å². The number of benzene rings is 1. The zero-order valence-electron chi connectivity index (χ0n) is 14.6. The molecule has 0 aliphatic heterocycles. The maximum absolute atomic E-state index is 13.3. The molecule has 0 spiro atoms. The molecule has 0 unspecified atom stereocenters. The molecule has 1 aliphatic carbocycles. The number of carbonyl (C=O) groups is 2. The fraction of sp³-hybridized carbons (Fsp3) is 0.294. The van der Waals surface area contributed by atoms with E-state index < -0.39 is 29.3 Å². The summed E-state index contributed by atoms with van der Waals surface area (Å²) in [4.78, 5) is 30.5. The Bertz CT molecular complexity index is 932. The van der Waals surface area contributed by atoms with Gasteiger partial charge in [-0.05, 0) is 37.0 Å². The fourth-order valence-electron chi connectivity index (χ4n) is 2.85. The van der Waals surface area contributed by atoms with Crippen LogP contribution in [0, 0.1) is 5.82 Å². The first-order chi connectivity index (χ1) is 13.6. The van der Waals surface area contributed by atoms with E-state index in [4.69, 9.17) is 11.6 Å². The van der Waals surface area contributed by atoms with Gasteiger partial charge in [0.15, 0.2) is 0 Å². The lowest BCUT2D eigenvalue weighted by atomic mass is 9.72. The first-order valence-electron chi connectivity index (χ1n) is 8.34. The molecule has 2 amide bonds. The molecule has 0 atom stereocenters. The number of hydrazine groups is 1. The lowest BCUT2D eigenvalue weighted by Gasteiger charge is -2.43. The lowest BCUT2D eigenvalue weighted by Crippen LogP contribution is -2.47. The maximum atomic E-state index is 13.3. The van der Waals surface area contributed by atoms with Gasteiger partial charge in [0.25, 0.3) is 5.91 Å². The van der Waals surface area contributed by atoms with Gasteiger partial charge in [-0.2, -0.15) is 13.2 Å². The molecule has 154 valence electrons. The van der Waals surface area contributed by atoms with Crippen molar-refractivity contribution in [2.75, 3.05) is 5.32 Å².